The summed E-state index contributed by atoms with van der Waals surface area (Å²) in [6.45, 7) is 0. The molecule has 0 aliphatic heterocycles. The Kier molecular flexibility index (Phi) is 3.38. The zero-order valence-electron chi connectivity index (χ0n) is 8.40. The zero-order valence-corrected chi connectivity index (χ0v) is 9.15. The lowest BCUT2D eigenvalue weighted by molar-refractivity contribution is 0.135. The normalized spacial score (nSPS) is 26.3. The van der Waals surface area contributed by atoms with Gasteiger partial charge >= 0.3 is 6.01 Å². The van der Waals surface area contributed by atoms with Gasteiger partial charge in [0.2, 0.25) is 0 Å². The average molecular weight is 228 g/mol. The van der Waals surface area contributed by atoms with Gasteiger partial charge in [0.25, 0.3) is 0 Å². The van der Waals surface area contributed by atoms with Gasteiger partial charge in [-0.05, 0) is 25.7 Å². The maximum Gasteiger partial charge on any atom is 0.316 e. The third-order valence-electron chi connectivity index (χ3n) is 2.59. The first-order valence-corrected chi connectivity index (χ1v) is 5.51. The second kappa shape index (κ2) is 4.77. The molecule has 1 saturated carbocycles. The van der Waals surface area contributed by atoms with Crippen LogP contribution >= 0.6 is 11.6 Å². The van der Waals surface area contributed by atoms with Gasteiger partial charge in [-0.3, -0.25) is 0 Å². The lowest BCUT2D eigenvalue weighted by atomic mass is 9.94. The van der Waals surface area contributed by atoms with E-state index in [2.05, 4.69) is 9.97 Å². The monoisotopic (exact) mass is 227 g/mol. The lowest BCUT2D eigenvalue weighted by Gasteiger charge is -2.25. The highest BCUT2D eigenvalue weighted by atomic mass is 35.5. The van der Waals surface area contributed by atoms with E-state index in [0.29, 0.717) is 17.1 Å². The molecule has 2 rings (SSSR count). The fourth-order valence-electron chi connectivity index (χ4n) is 1.72. The standard InChI is InChI=1S/C10H14ClN3O/c11-7-5-13-10(14-6-7)15-9-3-1-8(12)2-4-9/h5-6,8-9H,1-4,12H2. The van der Waals surface area contributed by atoms with Crippen LogP contribution in [0.4, 0.5) is 0 Å². The zero-order chi connectivity index (χ0) is 10.7. The van der Waals surface area contributed by atoms with Gasteiger partial charge in [0.1, 0.15) is 6.10 Å². The molecule has 0 atom stereocenters. The summed E-state index contributed by atoms with van der Waals surface area (Å²) in [5, 5.41) is 0.521. The Bertz CT molecular complexity index is 309. The summed E-state index contributed by atoms with van der Waals surface area (Å²) in [6.07, 6.45) is 7.26. The molecule has 0 unspecified atom stereocenters. The van der Waals surface area contributed by atoms with E-state index < -0.39 is 0 Å². The second-order valence-electron chi connectivity index (χ2n) is 3.84. The highest BCUT2D eigenvalue weighted by molar-refractivity contribution is 6.30. The molecule has 4 nitrogen and oxygen atoms in total. The van der Waals surface area contributed by atoms with Gasteiger partial charge in [0, 0.05) is 6.04 Å². The van der Waals surface area contributed by atoms with Crippen LogP contribution in [-0.4, -0.2) is 22.1 Å². The first-order valence-electron chi connectivity index (χ1n) is 5.14. The molecule has 1 aliphatic carbocycles. The Labute approximate surface area is 93.8 Å². The molecule has 1 aliphatic rings. The molecule has 0 bridgehead atoms. The average Bonchev–Trinajstić information content (AvgIpc) is 2.25. The van der Waals surface area contributed by atoms with Gasteiger partial charge in [-0.25, -0.2) is 9.97 Å². The molecule has 0 aromatic carbocycles. The Balaban J connectivity index is 1.89. The van der Waals surface area contributed by atoms with E-state index in [1.54, 1.807) is 12.4 Å². The maximum atomic E-state index is 5.81. The van der Waals surface area contributed by atoms with Gasteiger partial charge in [-0.2, -0.15) is 0 Å². The fraction of sp³-hybridized carbons (Fsp3) is 0.600. The van der Waals surface area contributed by atoms with E-state index in [1.807, 2.05) is 0 Å². The van der Waals surface area contributed by atoms with Crippen LogP contribution in [0.2, 0.25) is 5.02 Å². The highest BCUT2D eigenvalue weighted by Crippen LogP contribution is 2.21. The Morgan fingerprint density at radius 3 is 2.40 bits per heavy atom. The van der Waals surface area contributed by atoms with Crippen molar-refractivity contribution in [3.8, 4) is 6.01 Å². The van der Waals surface area contributed by atoms with E-state index in [-0.39, 0.29) is 6.10 Å². The van der Waals surface area contributed by atoms with Gasteiger partial charge in [-0.1, -0.05) is 11.6 Å². The minimum absolute atomic E-state index is 0.200. The Hall–Kier alpha value is -0.870. The van der Waals surface area contributed by atoms with E-state index in [1.165, 1.54) is 0 Å². The van der Waals surface area contributed by atoms with Crippen molar-refractivity contribution in [2.75, 3.05) is 0 Å². The summed E-state index contributed by atoms with van der Waals surface area (Å²) < 4.78 is 5.62. The molecular weight excluding hydrogens is 214 g/mol. The van der Waals surface area contributed by atoms with Crippen molar-refractivity contribution < 1.29 is 4.74 Å². The van der Waals surface area contributed by atoms with E-state index in [4.69, 9.17) is 22.1 Å². The molecule has 82 valence electrons. The summed E-state index contributed by atoms with van der Waals surface area (Å²) in [7, 11) is 0. The SMILES string of the molecule is NC1CCC(Oc2ncc(Cl)cn2)CC1. The van der Waals surface area contributed by atoms with Crippen molar-refractivity contribution in [3.63, 3.8) is 0 Å². The quantitative estimate of drug-likeness (QED) is 0.837. The van der Waals surface area contributed by atoms with Crippen molar-refractivity contribution >= 4 is 11.6 Å². The molecule has 5 heteroatoms. The number of rotatable bonds is 2. The number of ether oxygens (including phenoxy) is 1. The second-order valence-corrected chi connectivity index (χ2v) is 4.27. The highest BCUT2D eigenvalue weighted by Gasteiger charge is 2.20. The molecule has 15 heavy (non-hydrogen) atoms. The van der Waals surface area contributed by atoms with Gasteiger partial charge < -0.3 is 10.5 Å². The topological polar surface area (TPSA) is 61.0 Å². The predicted octanol–water partition coefficient (Wildman–Crippen LogP) is 1.78. The summed E-state index contributed by atoms with van der Waals surface area (Å²) in [5.74, 6) is 0. The number of hydrogen-bond acceptors (Lipinski definition) is 4. The summed E-state index contributed by atoms with van der Waals surface area (Å²) in [6, 6.07) is 0.732. The van der Waals surface area contributed by atoms with Crippen LogP contribution in [0.1, 0.15) is 25.7 Å². The smallest absolute Gasteiger partial charge is 0.316 e. The summed E-state index contributed by atoms with van der Waals surface area (Å²) in [4.78, 5) is 7.99. The van der Waals surface area contributed by atoms with Crippen molar-refractivity contribution in [1.82, 2.24) is 9.97 Å². The fourth-order valence-corrected chi connectivity index (χ4v) is 1.81. The number of halogens is 1. The van der Waals surface area contributed by atoms with E-state index in [0.717, 1.165) is 25.7 Å². The third-order valence-corrected chi connectivity index (χ3v) is 2.78. The minimum atomic E-state index is 0.200. The molecule has 1 aromatic rings. The summed E-state index contributed by atoms with van der Waals surface area (Å²) >= 11 is 5.68. The molecule has 1 heterocycles. The molecule has 0 saturated heterocycles. The van der Waals surface area contributed by atoms with Crippen molar-refractivity contribution in [3.05, 3.63) is 17.4 Å². The van der Waals surface area contributed by atoms with Gasteiger partial charge in [0.05, 0.1) is 17.4 Å². The van der Waals surface area contributed by atoms with Crippen LogP contribution in [0, 0.1) is 0 Å². The Morgan fingerprint density at radius 2 is 1.80 bits per heavy atom. The molecule has 2 N–H and O–H groups in total. The van der Waals surface area contributed by atoms with Crippen molar-refractivity contribution in [2.45, 2.75) is 37.8 Å². The Morgan fingerprint density at radius 1 is 1.20 bits per heavy atom. The number of aromatic nitrogens is 2. The molecule has 0 radical (unpaired) electrons. The van der Waals surface area contributed by atoms with Gasteiger partial charge in [-0.15, -0.1) is 0 Å². The molecule has 1 fully saturated rings. The predicted molar refractivity (Wildman–Crippen MR) is 57.9 cm³/mol. The maximum absolute atomic E-state index is 5.81. The lowest BCUT2D eigenvalue weighted by Crippen LogP contribution is -2.32. The molecule has 0 amide bonds. The van der Waals surface area contributed by atoms with E-state index >= 15 is 0 Å². The molecular formula is C10H14ClN3O. The molecule has 0 spiro atoms. The van der Waals surface area contributed by atoms with Crippen molar-refractivity contribution in [1.29, 1.82) is 0 Å². The third kappa shape index (κ3) is 3.04. The van der Waals surface area contributed by atoms with Crippen molar-refractivity contribution in [2.24, 2.45) is 5.73 Å². The van der Waals surface area contributed by atoms with Crippen LogP contribution < -0.4 is 10.5 Å². The van der Waals surface area contributed by atoms with Crippen LogP contribution in [0.25, 0.3) is 0 Å². The largest absolute Gasteiger partial charge is 0.460 e. The van der Waals surface area contributed by atoms with Crippen LogP contribution in [0.5, 0.6) is 6.01 Å². The van der Waals surface area contributed by atoms with E-state index in [9.17, 15) is 0 Å². The number of nitrogens with zero attached hydrogens (tertiary/aromatic N) is 2. The number of nitrogens with two attached hydrogens (primary N) is 1. The first-order chi connectivity index (χ1) is 7.24. The van der Waals surface area contributed by atoms with Crippen LogP contribution in [0.3, 0.4) is 0 Å². The van der Waals surface area contributed by atoms with Crippen LogP contribution in [-0.2, 0) is 0 Å². The summed E-state index contributed by atoms with van der Waals surface area (Å²) in [5.41, 5.74) is 5.81. The number of hydrogen-bond donors (Lipinski definition) is 1. The van der Waals surface area contributed by atoms with Crippen LogP contribution in [0.15, 0.2) is 12.4 Å². The minimum Gasteiger partial charge on any atom is -0.460 e. The van der Waals surface area contributed by atoms with Gasteiger partial charge in [0.15, 0.2) is 0 Å². The molecule has 1 aromatic heterocycles. The first kappa shape index (κ1) is 10.6.